The van der Waals surface area contributed by atoms with Crippen LogP contribution in [0.3, 0.4) is 0 Å². The Kier molecular flexibility index (Phi) is 5.43. The van der Waals surface area contributed by atoms with Crippen LogP contribution in [0.1, 0.15) is 26.5 Å². The van der Waals surface area contributed by atoms with Gasteiger partial charge in [-0.3, -0.25) is 5.32 Å². The highest BCUT2D eigenvalue weighted by atomic mass is 32.2. The summed E-state index contributed by atoms with van der Waals surface area (Å²) in [5, 5.41) is 3.16. The van der Waals surface area contributed by atoms with Gasteiger partial charge in [0.1, 0.15) is 5.60 Å². The van der Waals surface area contributed by atoms with Crippen LogP contribution in [0.15, 0.2) is 4.21 Å². The highest BCUT2D eigenvalue weighted by molar-refractivity contribution is 8.00. The second kappa shape index (κ2) is 6.40. The predicted octanol–water partition coefficient (Wildman–Crippen LogP) is 3.36. The van der Waals surface area contributed by atoms with Crippen LogP contribution >= 0.6 is 23.1 Å². The van der Waals surface area contributed by atoms with Crippen molar-refractivity contribution in [3.05, 3.63) is 5.69 Å². The Balaban J connectivity index is 2.70. The first kappa shape index (κ1) is 15.3. The molecular weight excluding hydrogens is 272 g/mol. The summed E-state index contributed by atoms with van der Waals surface area (Å²) in [6.45, 7) is 5.89. The van der Waals surface area contributed by atoms with Crippen molar-refractivity contribution in [1.82, 2.24) is 4.98 Å². The minimum Gasteiger partial charge on any atom is -0.444 e. The standard InChI is InChI=1S/C11H18N2O3S2/c1-11(2,3)16-10(14)13-9-12-7(6-15-4)8(17-5)18-9/h6H2,1-5H3,(H,12,13,14). The summed E-state index contributed by atoms with van der Waals surface area (Å²) >= 11 is 2.99. The Morgan fingerprint density at radius 1 is 1.50 bits per heavy atom. The van der Waals surface area contributed by atoms with Gasteiger partial charge in [0.25, 0.3) is 0 Å². The van der Waals surface area contributed by atoms with E-state index >= 15 is 0 Å². The van der Waals surface area contributed by atoms with Crippen LogP contribution in [0, 0.1) is 0 Å². The monoisotopic (exact) mass is 290 g/mol. The second-order valence-corrected chi connectivity index (χ2v) is 6.59. The Bertz CT molecular complexity index is 413. The van der Waals surface area contributed by atoms with Gasteiger partial charge >= 0.3 is 6.09 Å². The molecule has 102 valence electrons. The van der Waals surface area contributed by atoms with E-state index in [0.717, 1.165) is 9.90 Å². The summed E-state index contributed by atoms with van der Waals surface area (Å²) in [4.78, 5) is 15.9. The molecule has 0 atom stereocenters. The molecule has 5 nitrogen and oxygen atoms in total. The average molecular weight is 290 g/mol. The minimum atomic E-state index is -0.515. The first-order valence-electron chi connectivity index (χ1n) is 5.38. The molecule has 18 heavy (non-hydrogen) atoms. The quantitative estimate of drug-likeness (QED) is 0.862. The lowest BCUT2D eigenvalue weighted by Gasteiger charge is -2.18. The number of hydrogen-bond donors (Lipinski definition) is 1. The highest BCUT2D eigenvalue weighted by Gasteiger charge is 2.18. The molecule has 0 unspecified atom stereocenters. The molecule has 0 fully saturated rings. The molecule has 1 rings (SSSR count). The van der Waals surface area contributed by atoms with Crippen LogP contribution in [-0.4, -0.2) is 30.0 Å². The Hall–Kier alpha value is -0.790. The lowest BCUT2D eigenvalue weighted by atomic mass is 10.2. The van der Waals surface area contributed by atoms with Crippen molar-refractivity contribution >= 4 is 34.3 Å². The summed E-state index contributed by atoms with van der Waals surface area (Å²) < 4.78 is 11.2. The molecule has 1 amide bonds. The third-order valence-corrected chi connectivity index (χ3v) is 3.90. The van der Waals surface area contributed by atoms with E-state index in [2.05, 4.69) is 10.3 Å². The van der Waals surface area contributed by atoms with Crippen molar-refractivity contribution < 1.29 is 14.3 Å². The number of hydrogen-bond acceptors (Lipinski definition) is 6. The van der Waals surface area contributed by atoms with Gasteiger partial charge in [-0.2, -0.15) is 0 Å². The summed E-state index contributed by atoms with van der Waals surface area (Å²) in [7, 11) is 1.62. The SMILES string of the molecule is COCc1nc(NC(=O)OC(C)(C)C)sc1SC. The maximum atomic E-state index is 11.6. The average Bonchev–Trinajstić information content (AvgIpc) is 2.57. The smallest absolute Gasteiger partial charge is 0.413 e. The van der Waals surface area contributed by atoms with Crippen molar-refractivity contribution in [2.45, 2.75) is 37.2 Å². The number of methoxy groups -OCH3 is 1. The number of thioether (sulfide) groups is 1. The number of ether oxygens (including phenoxy) is 2. The Morgan fingerprint density at radius 2 is 2.17 bits per heavy atom. The van der Waals surface area contributed by atoms with Crippen LogP contribution in [0.5, 0.6) is 0 Å². The van der Waals surface area contributed by atoms with E-state index in [4.69, 9.17) is 9.47 Å². The van der Waals surface area contributed by atoms with Crippen LogP contribution in [-0.2, 0) is 16.1 Å². The maximum Gasteiger partial charge on any atom is 0.413 e. The van der Waals surface area contributed by atoms with Gasteiger partial charge in [0.05, 0.1) is 16.5 Å². The van der Waals surface area contributed by atoms with Crippen LogP contribution in [0.25, 0.3) is 0 Å². The molecule has 0 aliphatic rings. The number of carbonyl (C=O) groups is 1. The summed E-state index contributed by atoms with van der Waals surface area (Å²) in [5.41, 5.74) is 0.319. The third-order valence-electron chi connectivity index (χ3n) is 1.74. The lowest BCUT2D eigenvalue weighted by Crippen LogP contribution is -2.27. The number of anilines is 1. The number of amides is 1. The number of carbonyl (C=O) groups excluding carboxylic acids is 1. The maximum absolute atomic E-state index is 11.6. The molecule has 0 spiro atoms. The fourth-order valence-electron chi connectivity index (χ4n) is 1.17. The van der Waals surface area contributed by atoms with Crippen LogP contribution in [0.2, 0.25) is 0 Å². The minimum absolute atomic E-state index is 0.433. The molecule has 1 aromatic heterocycles. The fraction of sp³-hybridized carbons (Fsp3) is 0.636. The highest BCUT2D eigenvalue weighted by Crippen LogP contribution is 2.31. The van der Waals surface area contributed by atoms with Gasteiger partial charge < -0.3 is 9.47 Å². The number of rotatable bonds is 4. The van der Waals surface area contributed by atoms with Crippen molar-refractivity contribution in [3.63, 3.8) is 0 Å². The van der Waals surface area contributed by atoms with Crippen molar-refractivity contribution in [2.75, 3.05) is 18.7 Å². The summed E-state index contributed by atoms with van der Waals surface area (Å²) in [6, 6.07) is 0. The molecular formula is C11H18N2O3S2. The van der Waals surface area contributed by atoms with Gasteiger partial charge in [-0.05, 0) is 27.0 Å². The van der Waals surface area contributed by atoms with Gasteiger partial charge in [-0.15, -0.1) is 11.8 Å². The van der Waals surface area contributed by atoms with Crippen LogP contribution in [0.4, 0.5) is 9.93 Å². The Morgan fingerprint density at radius 3 is 2.67 bits per heavy atom. The van der Waals surface area contributed by atoms with Gasteiger partial charge in [0.15, 0.2) is 5.13 Å². The molecule has 1 aromatic rings. The van der Waals surface area contributed by atoms with E-state index in [0.29, 0.717) is 11.7 Å². The lowest BCUT2D eigenvalue weighted by molar-refractivity contribution is 0.0636. The summed E-state index contributed by atoms with van der Waals surface area (Å²) in [6.07, 6.45) is 1.47. The van der Waals surface area contributed by atoms with E-state index in [1.54, 1.807) is 18.9 Å². The van der Waals surface area contributed by atoms with Crippen molar-refractivity contribution in [3.8, 4) is 0 Å². The molecule has 0 bridgehead atoms. The van der Waals surface area contributed by atoms with E-state index in [-0.39, 0.29) is 0 Å². The first-order valence-corrected chi connectivity index (χ1v) is 7.42. The zero-order chi connectivity index (χ0) is 13.8. The molecule has 7 heteroatoms. The zero-order valence-electron chi connectivity index (χ0n) is 11.2. The van der Waals surface area contributed by atoms with Gasteiger partial charge in [-0.25, -0.2) is 9.78 Å². The molecule has 0 radical (unpaired) electrons. The fourth-order valence-corrected chi connectivity index (χ4v) is 2.77. The predicted molar refractivity (Wildman–Crippen MR) is 74.5 cm³/mol. The zero-order valence-corrected chi connectivity index (χ0v) is 12.8. The first-order chi connectivity index (χ1) is 8.35. The largest absolute Gasteiger partial charge is 0.444 e. The van der Waals surface area contributed by atoms with Crippen molar-refractivity contribution in [1.29, 1.82) is 0 Å². The molecule has 0 aliphatic heterocycles. The number of nitrogens with zero attached hydrogens (tertiary/aromatic N) is 1. The van der Waals surface area contributed by atoms with E-state index in [1.807, 2.05) is 27.0 Å². The van der Waals surface area contributed by atoms with E-state index < -0.39 is 11.7 Å². The van der Waals surface area contributed by atoms with E-state index in [1.165, 1.54) is 11.3 Å². The number of aromatic nitrogens is 1. The molecule has 0 aliphatic carbocycles. The van der Waals surface area contributed by atoms with E-state index in [9.17, 15) is 4.79 Å². The molecule has 0 aromatic carbocycles. The van der Waals surface area contributed by atoms with Gasteiger partial charge in [0, 0.05) is 7.11 Å². The van der Waals surface area contributed by atoms with Gasteiger partial charge in [-0.1, -0.05) is 11.3 Å². The normalized spacial score (nSPS) is 11.4. The van der Waals surface area contributed by atoms with Crippen LogP contribution < -0.4 is 5.32 Å². The molecule has 0 saturated carbocycles. The molecule has 0 saturated heterocycles. The number of nitrogens with one attached hydrogen (secondary N) is 1. The third kappa shape index (κ3) is 4.83. The number of thiazole rings is 1. The second-order valence-electron chi connectivity index (χ2n) is 4.52. The Labute approximate surface area is 115 Å². The van der Waals surface area contributed by atoms with Gasteiger partial charge in [0.2, 0.25) is 0 Å². The van der Waals surface area contributed by atoms with Crippen molar-refractivity contribution in [2.24, 2.45) is 0 Å². The summed E-state index contributed by atoms with van der Waals surface area (Å²) in [5.74, 6) is 0. The topological polar surface area (TPSA) is 60.5 Å². The molecule has 1 heterocycles. The molecule has 1 N–H and O–H groups in total.